The van der Waals surface area contributed by atoms with Gasteiger partial charge in [-0.3, -0.25) is 0 Å². The van der Waals surface area contributed by atoms with Crippen LogP contribution in [-0.4, -0.2) is 10.7 Å². The molecule has 0 heterocycles. The Labute approximate surface area is 74.8 Å². The number of rotatable bonds is 1. The van der Waals surface area contributed by atoms with E-state index in [1.807, 2.05) is 20.8 Å². The maximum atomic E-state index is 9.95. The van der Waals surface area contributed by atoms with Crippen LogP contribution in [-0.2, 0) is 0 Å². The average molecular weight is 166 g/mol. The molecule has 0 aliphatic heterocycles. The van der Waals surface area contributed by atoms with E-state index in [2.05, 4.69) is 12.7 Å². The van der Waals surface area contributed by atoms with Gasteiger partial charge in [0, 0.05) is 0 Å². The first kappa shape index (κ1) is 9.53. The third-order valence-corrected chi connectivity index (χ3v) is 2.90. The van der Waals surface area contributed by atoms with Gasteiger partial charge in [0.2, 0.25) is 0 Å². The van der Waals surface area contributed by atoms with Crippen molar-refractivity contribution in [1.29, 1.82) is 0 Å². The Balaban J connectivity index is 2.79. The van der Waals surface area contributed by atoms with Crippen LogP contribution < -0.4 is 0 Å². The van der Waals surface area contributed by atoms with Gasteiger partial charge < -0.3 is 5.11 Å². The van der Waals surface area contributed by atoms with Gasteiger partial charge in [0.25, 0.3) is 0 Å². The molecule has 0 saturated heterocycles. The molecule has 0 spiro atoms. The van der Waals surface area contributed by atoms with Crippen LogP contribution in [0, 0.1) is 5.92 Å². The summed E-state index contributed by atoms with van der Waals surface area (Å²) >= 11 is 0. The highest BCUT2D eigenvalue weighted by Gasteiger charge is 2.30. The molecule has 68 valence electrons. The maximum Gasteiger partial charge on any atom is 0.0831 e. The molecule has 0 saturated carbocycles. The second-order valence-corrected chi connectivity index (χ2v) is 4.14. The van der Waals surface area contributed by atoms with Crippen molar-refractivity contribution in [3.8, 4) is 0 Å². The molecule has 0 aromatic rings. The molecule has 0 fully saturated rings. The van der Waals surface area contributed by atoms with Crippen molar-refractivity contribution in [2.75, 3.05) is 0 Å². The van der Waals surface area contributed by atoms with E-state index in [4.69, 9.17) is 0 Å². The quantitative estimate of drug-likeness (QED) is 0.594. The van der Waals surface area contributed by atoms with Crippen molar-refractivity contribution in [2.24, 2.45) is 5.92 Å². The highest BCUT2D eigenvalue weighted by atomic mass is 16.3. The summed E-state index contributed by atoms with van der Waals surface area (Å²) in [6.45, 7) is 9.84. The van der Waals surface area contributed by atoms with Crippen LogP contribution in [0.1, 0.15) is 33.6 Å². The molecular formula is C11H18O. The summed E-state index contributed by atoms with van der Waals surface area (Å²) in [6, 6.07) is 0. The van der Waals surface area contributed by atoms with Crippen LogP contribution in [0.15, 0.2) is 23.8 Å². The first-order chi connectivity index (χ1) is 5.43. The van der Waals surface area contributed by atoms with Gasteiger partial charge in [0.15, 0.2) is 0 Å². The lowest BCUT2D eigenvalue weighted by molar-refractivity contribution is 0.0683. The van der Waals surface area contributed by atoms with E-state index >= 15 is 0 Å². The average Bonchev–Trinajstić information content (AvgIpc) is 1.94. The zero-order valence-electron chi connectivity index (χ0n) is 8.22. The summed E-state index contributed by atoms with van der Waals surface area (Å²) in [5.74, 6) is 0.462. The third-order valence-electron chi connectivity index (χ3n) is 2.90. The van der Waals surface area contributed by atoms with Gasteiger partial charge in [0.05, 0.1) is 5.60 Å². The Morgan fingerprint density at radius 1 is 1.75 bits per heavy atom. The molecule has 12 heavy (non-hydrogen) atoms. The normalized spacial score (nSPS) is 36.0. The Hall–Kier alpha value is -0.560. The fraction of sp³-hybridized carbons (Fsp3) is 0.636. The molecule has 1 nitrogen and oxygen atoms in total. The topological polar surface area (TPSA) is 20.2 Å². The third kappa shape index (κ3) is 1.78. The molecule has 2 atom stereocenters. The Kier molecular flexibility index (Phi) is 2.43. The summed E-state index contributed by atoms with van der Waals surface area (Å²) in [6.07, 6.45) is 3.99. The molecule has 0 aromatic heterocycles. The molecular weight excluding hydrogens is 148 g/mol. The van der Waals surface area contributed by atoms with Crippen LogP contribution in [0.3, 0.4) is 0 Å². The van der Waals surface area contributed by atoms with Crippen molar-refractivity contribution in [2.45, 2.75) is 39.2 Å². The molecule has 0 unspecified atom stereocenters. The van der Waals surface area contributed by atoms with Crippen molar-refractivity contribution in [3.05, 3.63) is 23.8 Å². The van der Waals surface area contributed by atoms with Gasteiger partial charge >= 0.3 is 0 Å². The van der Waals surface area contributed by atoms with Crippen molar-refractivity contribution in [3.63, 3.8) is 0 Å². The molecule has 0 aromatic carbocycles. The summed E-state index contributed by atoms with van der Waals surface area (Å²) in [5, 5.41) is 9.95. The molecule has 1 N–H and O–H groups in total. The number of hydrogen-bond donors (Lipinski definition) is 1. The first-order valence-corrected chi connectivity index (χ1v) is 4.48. The van der Waals surface area contributed by atoms with Gasteiger partial charge in [-0.1, -0.05) is 18.2 Å². The zero-order valence-corrected chi connectivity index (χ0v) is 8.22. The number of aliphatic hydroxyl groups is 1. The minimum atomic E-state index is -0.609. The van der Waals surface area contributed by atoms with Crippen molar-refractivity contribution < 1.29 is 5.11 Å². The Morgan fingerprint density at radius 2 is 2.33 bits per heavy atom. The van der Waals surface area contributed by atoms with Crippen LogP contribution in [0.25, 0.3) is 0 Å². The van der Waals surface area contributed by atoms with Gasteiger partial charge in [-0.05, 0) is 45.1 Å². The fourth-order valence-corrected chi connectivity index (χ4v) is 1.64. The lowest BCUT2D eigenvalue weighted by Gasteiger charge is -2.33. The van der Waals surface area contributed by atoms with Gasteiger partial charge in [-0.2, -0.15) is 0 Å². The molecule has 1 rings (SSSR count). The van der Waals surface area contributed by atoms with E-state index in [1.165, 1.54) is 5.57 Å². The van der Waals surface area contributed by atoms with Crippen LogP contribution in [0.4, 0.5) is 0 Å². The van der Waals surface area contributed by atoms with Crippen LogP contribution in [0.2, 0.25) is 0 Å². The number of hydrogen-bond acceptors (Lipinski definition) is 1. The predicted octanol–water partition coefficient (Wildman–Crippen LogP) is 2.67. The smallest absolute Gasteiger partial charge is 0.0831 e. The maximum absolute atomic E-state index is 9.95. The lowest BCUT2D eigenvalue weighted by Crippen LogP contribution is -2.32. The minimum Gasteiger partial charge on any atom is -0.386 e. The summed E-state index contributed by atoms with van der Waals surface area (Å²) in [4.78, 5) is 0. The molecule has 0 radical (unpaired) electrons. The SMILES string of the molecule is C=C(C)[C@@H]1CC=C(C)[C@](C)(O)C1. The van der Waals surface area contributed by atoms with Gasteiger partial charge in [-0.25, -0.2) is 0 Å². The van der Waals surface area contributed by atoms with Crippen LogP contribution >= 0.6 is 0 Å². The highest BCUT2D eigenvalue weighted by molar-refractivity contribution is 5.20. The van der Waals surface area contributed by atoms with Gasteiger partial charge in [-0.15, -0.1) is 0 Å². The van der Waals surface area contributed by atoms with Crippen molar-refractivity contribution in [1.82, 2.24) is 0 Å². The Morgan fingerprint density at radius 3 is 2.75 bits per heavy atom. The van der Waals surface area contributed by atoms with E-state index in [-0.39, 0.29) is 0 Å². The largest absolute Gasteiger partial charge is 0.386 e. The second-order valence-electron chi connectivity index (χ2n) is 4.14. The first-order valence-electron chi connectivity index (χ1n) is 4.48. The zero-order chi connectivity index (χ0) is 9.35. The summed E-state index contributed by atoms with van der Waals surface area (Å²) in [5.41, 5.74) is 1.67. The van der Waals surface area contributed by atoms with E-state index < -0.39 is 5.60 Å². The number of allylic oxidation sites excluding steroid dienone is 2. The minimum absolute atomic E-state index is 0.462. The van der Waals surface area contributed by atoms with E-state index in [0.29, 0.717) is 5.92 Å². The van der Waals surface area contributed by atoms with Gasteiger partial charge in [0.1, 0.15) is 0 Å². The predicted molar refractivity (Wildman–Crippen MR) is 51.9 cm³/mol. The fourth-order valence-electron chi connectivity index (χ4n) is 1.64. The standard InChI is InChI=1S/C11H18O/c1-8(2)10-6-5-9(3)11(4,12)7-10/h5,10,12H,1,6-7H2,2-4H3/t10-,11-/m1/s1. The van der Waals surface area contributed by atoms with Crippen LogP contribution in [0.5, 0.6) is 0 Å². The van der Waals surface area contributed by atoms with E-state index in [0.717, 1.165) is 18.4 Å². The van der Waals surface area contributed by atoms with Crippen molar-refractivity contribution >= 4 is 0 Å². The Bertz CT molecular complexity index is 223. The summed E-state index contributed by atoms with van der Waals surface area (Å²) in [7, 11) is 0. The molecule has 0 bridgehead atoms. The second kappa shape index (κ2) is 3.06. The highest BCUT2D eigenvalue weighted by Crippen LogP contribution is 2.35. The molecule has 1 aliphatic carbocycles. The molecule has 1 aliphatic rings. The molecule has 1 heteroatoms. The van der Waals surface area contributed by atoms with E-state index in [9.17, 15) is 5.11 Å². The lowest BCUT2D eigenvalue weighted by atomic mass is 9.77. The monoisotopic (exact) mass is 166 g/mol. The van der Waals surface area contributed by atoms with E-state index in [1.54, 1.807) is 0 Å². The molecule has 0 amide bonds. The summed E-state index contributed by atoms with van der Waals surface area (Å²) < 4.78 is 0.